The van der Waals surface area contributed by atoms with Gasteiger partial charge in [-0.05, 0) is 6.92 Å². The lowest BCUT2D eigenvalue weighted by Gasteiger charge is -1.98. The molecule has 0 atom stereocenters. The zero-order chi connectivity index (χ0) is 9.19. The summed E-state index contributed by atoms with van der Waals surface area (Å²) in [4.78, 5) is 0. The van der Waals surface area contributed by atoms with Gasteiger partial charge in [0.15, 0.2) is 5.82 Å². The lowest BCUT2D eigenvalue weighted by atomic mass is 10.5. The number of aryl methyl sites for hydroxylation is 1. The van der Waals surface area contributed by atoms with Crippen molar-refractivity contribution in [2.45, 2.75) is 6.92 Å². The van der Waals surface area contributed by atoms with E-state index in [9.17, 15) is 8.42 Å². The number of nitrogens with zero attached hydrogens (tertiary/aromatic N) is 1. The molecule has 1 rings (SSSR count). The van der Waals surface area contributed by atoms with E-state index in [0.717, 1.165) is 5.69 Å². The summed E-state index contributed by atoms with van der Waals surface area (Å²) in [5.41, 5.74) is 0.780. The van der Waals surface area contributed by atoms with Gasteiger partial charge in [-0.3, -0.25) is 9.82 Å². The molecule has 1 heterocycles. The van der Waals surface area contributed by atoms with Crippen LogP contribution in [-0.4, -0.2) is 23.8 Å². The predicted molar refractivity (Wildman–Crippen MR) is 46.6 cm³/mol. The van der Waals surface area contributed by atoms with Crippen molar-refractivity contribution >= 4 is 27.4 Å². The third-order valence-electron chi connectivity index (χ3n) is 1.11. The fraction of sp³-hybridized carbons (Fsp3) is 0.400. The molecule has 0 spiro atoms. The number of nitrogens with one attached hydrogen (secondary N) is 2. The molecule has 0 unspecified atom stereocenters. The van der Waals surface area contributed by atoms with E-state index in [1.807, 2.05) is 0 Å². The summed E-state index contributed by atoms with van der Waals surface area (Å²) in [6.07, 6.45) is 0. The molecule has 0 aliphatic rings. The van der Waals surface area contributed by atoms with Gasteiger partial charge in [-0.1, -0.05) is 0 Å². The van der Waals surface area contributed by atoms with Crippen LogP contribution in [0.1, 0.15) is 5.69 Å². The monoisotopic (exact) mass is 209 g/mol. The number of sulfonamides is 1. The first-order chi connectivity index (χ1) is 5.53. The van der Waals surface area contributed by atoms with Gasteiger partial charge in [0, 0.05) is 11.8 Å². The van der Waals surface area contributed by atoms with Gasteiger partial charge in [-0.15, -0.1) is 11.6 Å². The Hall–Kier alpha value is -0.750. The zero-order valence-electron chi connectivity index (χ0n) is 6.33. The number of aromatic nitrogens is 2. The van der Waals surface area contributed by atoms with Crippen molar-refractivity contribution in [3.8, 4) is 0 Å². The van der Waals surface area contributed by atoms with Crippen molar-refractivity contribution < 1.29 is 8.42 Å². The highest BCUT2D eigenvalue weighted by atomic mass is 35.5. The standard InChI is InChI=1S/C5H8ClN3O2S/c1-4-2-5(8-7-4)9-12(10,11)3-6/h2H,3H2,1H3,(H2,7,8,9). The summed E-state index contributed by atoms with van der Waals surface area (Å²) < 4.78 is 23.9. The molecule has 68 valence electrons. The molecule has 7 heteroatoms. The fourth-order valence-electron chi connectivity index (χ4n) is 0.657. The Morgan fingerprint density at radius 2 is 2.42 bits per heavy atom. The van der Waals surface area contributed by atoms with Crippen LogP contribution < -0.4 is 4.72 Å². The number of halogens is 1. The second-order valence-corrected chi connectivity index (χ2v) is 4.57. The van der Waals surface area contributed by atoms with Crippen LogP contribution in [-0.2, 0) is 10.0 Å². The van der Waals surface area contributed by atoms with Crippen molar-refractivity contribution in [3.63, 3.8) is 0 Å². The highest BCUT2D eigenvalue weighted by Gasteiger charge is 2.09. The van der Waals surface area contributed by atoms with E-state index in [2.05, 4.69) is 14.9 Å². The summed E-state index contributed by atoms with van der Waals surface area (Å²) in [6, 6.07) is 1.57. The Morgan fingerprint density at radius 1 is 1.75 bits per heavy atom. The average molecular weight is 210 g/mol. The van der Waals surface area contributed by atoms with E-state index >= 15 is 0 Å². The number of aromatic amines is 1. The number of hydrogen-bond donors (Lipinski definition) is 2. The van der Waals surface area contributed by atoms with Gasteiger partial charge in [0.05, 0.1) is 0 Å². The minimum absolute atomic E-state index is 0.258. The number of anilines is 1. The molecule has 0 aliphatic heterocycles. The second kappa shape index (κ2) is 3.32. The van der Waals surface area contributed by atoms with Crippen molar-refractivity contribution in [1.82, 2.24) is 10.2 Å². The Morgan fingerprint density at radius 3 is 2.83 bits per heavy atom. The van der Waals surface area contributed by atoms with Crippen LogP contribution in [0.2, 0.25) is 0 Å². The quantitative estimate of drug-likeness (QED) is 0.718. The normalized spacial score (nSPS) is 11.5. The molecule has 0 fully saturated rings. The van der Waals surface area contributed by atoms with E-state index in [-0.39, 0.29) is 5.82 Å². The van der Waals surface area contributed by atoms with Gasteiger partial charge < -0.3 is 0 Å². The molecule has 5 nitrogen and oxygen atoms in total. The summed E-state index contributed by atoms with van der Waals surface area (Å²) in [5, 5.41) is 5.80. The first kappa shape index (κ1) is 9.34. The first-order valence-electron chi connectivity index (χ1n) is 3.12. The predicted octanol–water partition coefficient (Wildman–Crippen LogP) is 0.656. The topological polar surface area (TPSA) is 74.8 Å². The lowest BCUT2D eigenvalue weighted by molar-refractivity contribution is 0.605. The second-order valence-electron chi connectivity index (χ2n) is 2.26. The number of hydrogen-bond acceptors (Lipinski definition) is 3. The minimum Gasteiger partial charge on any atom is -0.281 e. The van der Waals surface area contributed by atoms with Crippen molar-refractivity contribution in [3.05, 3.63) is 11.8 Å². The third-order valence-corrected chi connectivity index (χ3v) is 2.78. The molecule has 0 bridgehead atoms. The Labute approximate surface area is 75.2 Å². The molecule has 0 saturated carbocycles. The SMILES string of the molecule is Cc1cc(NS(=O)(=O)CCl)n[nH]1. The van der Waals surface area contributed by atoms with Crippen LogP contribution >= 0.6 is 11.6 Å². The molecule has 0 saturated heterocycles. The van der Waals surface area contributed by atoms with Crippen molar-refractivity contribution in [1.29, 1.82) is 0 Å². The highest BCUT2D eigenvalue weighted by Crippen LogP contribution is 2.06. The van der Waals surface area contributed by atoms with Crippen LogP contribution in [0.15, 0.2) is 6.07 Å². The van der Waals surface area contributed by atoms with Crippen LogP contribution in [0.3, 0.4) is 0 Å². The van der Waals surface area contributed by atoms with E-state index in [0.29, 0.717) is 0 Å². The molecule has 2 N–H and O–H groups in total. The minimum atomic E-state index is -3.43. The molecule has 1 aromatic heterocycles. The molecular formula is C5H8ClN3O2S. The molecule has 12 heavy (non-hydrogen) atoms. The molecule has 1 aromatic rings. The molecule has 0 radical (unpaired) electrons. The van der Waals surface area contributed by atoms with Crippen LogP contribution in [0.4, 0.5) is 5.82 Å². The van der Waals surface area contributed by atoms with E-state index in [1.54, 1.807) is 13.0 Å². The Kier molecular flexibility index (Phi) is 2.58. The van der Waals surface area contributed by atoms with Gasteiger partial charge in [-0.2, -0.15) is 5.10 Å². The zero-order valence-corrected chi connectivity index (χ0v) is 7.91. The Bertz CT molecular complexity index is 359. The first-order valence-corrected chi connectivity index (χ1v) is 5.30. The Balaban J connectivity index is 2.77. The van der Waals surface area contributed by atoms with Gasteiger partial charge in [0.25, 0.3) is 0 Å². The number of rotatable bonds is 3. The van der Waals surface area contributed by atoms with Gasteiger partial charge in [0.1, 0.15) is 5.21 Å². The maximum atomic E-state index is 10.9. The molecule has 0 aromatic carbocycles. The van der Waals surface area contributed by atoms with Crippen molar-refractivity contribution in [2.24, 2.45) is 0 Å². The van der Waals surface area contributed by atoms with Gasteiger partial charge in [0.2, 0.25) is 10.0 Å². The smallest absolute Gasteiger partial charge is 0.248 e. The number of H-pyrrole nitrogens is 1. The lowest BCUT2D eigenvalue weighted by Crippen LogP contribution is -2.13. The highest BCUT2D eigenvalue weighted by molar-refractivity contribution is 7.93. The maximum Gasteiger partial charge on any atom is 0.248 e. The third kappa shape index (κ3) is 2.38. The van der Waals surface area contributed by atoms with E-state index in [1.165, 1.54) is 0 Å². The van der Waals surface area contributed by atoms with E-state index < -0.39 is 15.2 Å². The summed E-state index contributed by atoms with van der Waals surface area (Å²) in [7, 11) is -3.43. The van der Waals surface area contributed by atoms with E-state index in [4.69, 9.17) is 11.6 Å². The average Bonchev–Trinajstić information content (AvgIpc) is 2.35. The molecule has 0 aliphatic carbocycles. The van der Waals surface area contributed by atoms with Gasteiger partial charge in [-0.25, -0.2) is 8.42 Å². The largest absolute Gasteiger partial charge is 0.281 e. The maximum absolute atomic E-state index is 10.9. The van der Waals surface area contributed by atoms with Crippen LogP contribution in [0.25, 0.3) is 0 Å². The number of alkyl halides is 1. The van der Waals surface area contributed by atoms with Crippen LogP contribution in [0.5, 0.6) is 0 Å². The summed E-state index contributed by atoms with van der Waals surface area (Å²) in [5.74, 6) is 0.258. The summed E-state index contributed by atoms with van der Waals surface area (Å²) in [6.45, 7) is 1.77. The molecular weight excluding hydrogens is 202 g/mol. The molecule has 0 amide bonds. The van der Waals surface area contributed by atoms with Crippen molar-refractivity contribution in [2.75, 3.05) is 9.93 Å². The van der Waals surface area contributed by atoms with Gasteiger partial charge >= 0.3 is 0 Å². The summed E-state index contributed by atoms with van der Waals surface area (Å²) >= 11 is 5.16. The van der Waals surface area contributed by atoms with Crippen LogP contribution in [0, 0.1) is 6.92 Å². The fourth-order valence-corrected chi connectivity index (χ4v) is 1.30.